The first-order chi connectivity index (χ1) is 12.8. The van der Waals surface area contributed by atoms with E-state index in [9.17, 15) is 4.79 Å². The molecule has 0 saturated heterocycles. The Hall–Kier alpha value is -2.69. The molecule has 0 radical (unpaired) electrons. The molecule has 27 heavy (non-hydrogen) atoms. The number of nitrogens with one attached hydrogen (secondary N) is 1. The Morgan fingerprint density at radius 1 is 0.963 bits per heavy atom. The lowest BCUT2D eigenvalue weighted by Gasteiger charge is -2.29. The molecular formula is C22H27NO4. The third-order valence-corrected chi connectivity index (χ3v) is 5.05. The molecular weight excluding hydrogens is 342 g/mol. The van der Waals surface area contributed by atoms with Crippen LogP contribution in [0.5, 0.6) is 17.2 Å². The van der Waals surface area contributed by atoms with Gasteiger partial charge in [0.15, 0.2) is 11.5 Å². The van der Waals surface area contributed by atoms with Crippen molar-refractivity contribution in [3.05, 3.63) is 47.0 Å². The van der Waals surface area contributed by atoms with Crippen LogP contribution >= 0.6 is 0 Å². The molecule has 0 saturated carbocycles. The van der Waals surface area contributed by atoms with E-state index in [1.54, 1.807) is 21.3 Å². The van der Waals surface area contributed by atoms with Crippen LogP contribution in [0.4, 0.5) is 5.69 Å². The van der Waals surface area contributed by atoms with Gasteiger partial charge in [0.2, 0.25) is 11.7 Å². The Morgan fingerprint density at radius 2 is 1.59 bits per heavy atom. The number of fused-ring (bicyclic) bond motifs is 1. The van der Waals surface area contributed by atoms with Crippen LogP contribution in [0.15, 0.2) is 30.3 Å². The van der Waals surface area contributed by atoms with Gasteiger partial charge in [-0.1, -0.05) is 32.9 Å². The molecule has 144 valence electrons. The second kappa shape index (κ2) is 7.14. The Morgan fingerprint density at radius 3 is 2.11 bits per heavy atom. The second-order valence-electron chi connectivity index (χ2n) is 7.82. The zero-order valence-electron chi connectivity index (χ0n) is 16.8. The fourth-order valence-electron chi connectivity index (χ4n) is 3.53. The number of hydrogen-bond acceptors (Lipinski definition) is 4. The van der Waals surface area contributed by atoms with Crippen molar-refractivity contribution in [2.45, 2.75) is 38.5 Å². The fraction of sp³-hybridized carbons (Fsp3) is 0.409. The maximum atomic E-state index is 12.3. The predicted molar refractivity (Wildman–Crippen MR) is 106 cm³/mol. The van der Waals surface area contributed by atoms with Crippen LogP contribution in [0.2, 0.25) is 0 Å². The van der Waals surface area contributed by atoms with Crippen molar-refractivity contribution in [2.75, 3.05) is 26.6 Å². The monoisotopic (exact) mass is 369 g/mol. The van der Waals surface area contributed by atoms with Gasteiger partial charge in [-0.2, -0.15) is 0 Å². The smallest absolute Gasteiger partial charge is 0.225 e. The summed E-state index contributed by atoms with van der Waals surface area (Å²) in [5, 5.41) is 2.99. The van der Waals surface area contributed by atoms with Gasteiger partial charge in [0.05, 0.1) is 21.3 Å². The number of carbonyl (C=O) groups excluding carboxylic acids is 1. The molecule has 5 heteroatoms. The zero-order valence-corrected chi connectivity index (χ0v) is 16.8. The Bertz CT molecular complexity index is 842. The number of amides is 1. The van der Waals surface area contributed by atoms with Gasteiger partial charge in [0.25, 0.3) is 0 Å². The van der Waals surface area contributed by atoms with Crippen LogP contribution in [0.25, 0.3) is 0 Å². The SMILES string of the molecule is COc1cc(C2CC(=O)Nc3ccc(C(C)(C)C)cc32)cc(OC)c1OC. The van der Waals surface area contributed by atoms with Crippen LogP contribution < -0.4 is 19.5 Å². The molecule has 5 nitrogen and oxygen atoms in total. The van der Waals surface area contributed by atoms with E-state index in [0.29, 0.717) is 23.7 Å². The summed E-state index contributed by atoms with van der Waals surface area (Å²) in [5.41, 5.74) is 4.19. The number of anilines is 1. The highest BCUT2D eigenvalue weighted by atomic mass is 16.5. The lowest BCUT2D eigenvalue weighted by molar-refractivity contribution is -0.116. The van der Waals surface area contributed by atoms with Crippen LogP contribution in [0.1, 0.15) is 49.8 Å². The highest BCUT2D eigenvalue weighted by Gasteiger charge is 2.30. The third-order valence-electron chi connectivity index (χ3n) is 5.05. The summed E-state index contributed by atoms with van der Waals surface area (Å²) in [7, 11) is 4.78. The Balaban J connectivity index is 2.17. The van der Waals surface area contributed by atoms with E-state index in [-0.39, 0.29) is 17.2 Å². The lowest BCUT2D eigenvalue weighted by Crippen LogP contribution is -2.24. The maximum absolute atomic E-state index is 12.3. The van der Waals surface area contributed by atoms with E-state index < -0.39 is 0 Å². The van der Waals surface area contributed by atoms with Crippen molar-refractivity contribution in [2.24, 2.45) is 0 Å². The van der Waals surface area contributed by atoms with Gasteiger partial charge in [-0.3, -0.25) is 4.79 Å². The molecule has 3 rings (SSSR count). The van der Waals surface area contributed by atoms with Crippen LogP contribution in [-0.4, -0.2) is 27.2 Å². The molecule has 0 spiro atoms. The van der Waals surface area contributed by atoms with E-state index in [1.807, 2.05) is 18.2 Å². The summed E-state index contributed by atoms with van der Waals surface area (Å²) in [4.78, 5) is 12.3. The molecule has 0 fully saturated rings. The summed E-state index contributed by atoms with van der Waals surface area (Å²) in [5.74, 6) is 1.65. The molecule has 1 N–H and O–H groups in total. The number of benzene rings is 2. The van der Waals surface area contributed by atoms with Crippen molar-refractivity contribution in [1.82, 2.24) is 0 Å². The van der Waals surface area contributed by atoms with Crippen LogP contribution in [0, 0.1) is 0 Å². The van der Waals surface area contributed by atoms with Gasteiger partial charge in [-0.15, -0.1) is 0 Å². The van der Waals surface area contributed by atoms with Gasteiger partial charge < -0.3 is 19.5 Å². The molecule has 0 aliphatic carbocycles. The largest absolute Gasteiger partial charge is 0.493 e. The number of hydrogen-bond donors (Lipinski definition) is 1. The molecule has 2 aromatic carbocycles. The van der Waals surface area contributed by atoms with Gasteiger partial charge >= 0.3 is 0 Å². The lowest BCUT2D eigenvalue weighted by atomic mass is 9.79. The van der Waals surface area contributed by atoms with E-state index in [1.165, 1.54) is 5.56 Å². The number of ether oxygens (including phenoxy) is 3. The standard InChI is InChI=1S/C22H27NO4/c1-22(2,3)14-7-8-17-16(11-14)15(12-20(24)23-17)13-9-18(25-4)21(27-6)19(10-13)26-5/h7-11,15H,12H2,1-6H3,(H,23,24). The quantitative estimate of drug-likeness (QED) is 0.863. The van der Waals surface area contributed by atoms with E-state index in [0.717, 1.165) is 16.8 Å². The zero-order chi connectivity index (χ0) is 19.8. The molecule has 2 aromatic rings. The molecule has 1 unspecified atom stereocenters. The van der Waals surface area contributed by atoms with E-state index in [2.05, 4.69) is 38.2 Å². The Labute approximate surface area is 160 Å². The molecule has 1 heterocycles. The normalized spacial score (nSPS) is 16.4. The maximum Gasteiger partial charge on any atom is 0.225 e. The first-order valence-corrected chi connectivity index (χ1v) is 9.02. The fourth-order valence-corrected chi connectivity index (χ4v) is 3.53. The molecule has 0 bridgehead atoms. The second-order valence-corrected chi connectivity index (χ2v) is 7.82. The number of methoxy groups -OCH3 is 3. The van der Waals surface area contributed by atoms with E-state index in [4.69, 9.17) is 14.2 Å². The molecule has 1 aliphatic rings. The first kappa shape index (κ1) is 19.1. The third kappa shape index (κ3) is 3.59. The summed E-state index contributed by atoms with van der Waals surface area (Å²) in [6, 6.07) is 10.1. The van der Waals surface area contributed by atoms with Crippen molar-refractivity contribution in [1.29, 1.82) is 0 Å². The topological polar surface area (TPSA) is 56.8 Å². The van der Waals surface area contributed by atoms with Gasteiger partial charge in [0.1, 0.15) is 0 Å². The molecule has 1 atom stereocenters. The van der Waals surface area contributed by atoms with Gasteiger partial charge in [0, 0.05) is 18.0 Å². The van der Waals surface area contributed by atoms with Gasteiger partial charge in [-0.25, -0.2) is 0 Å². The van der Waals surface area contributed by atoms with Crippen molar-refractivity contribution in [3.8, 4) is 17.2 Å². The van der Waals surface area contributed by atoms with Crippen LogP contribution in [0.3, 0.4) is 0 Å². The summed E-state index contributed by atoms with van der Waals surface area (Å²) in [6.07, 6.45) is 0.374. The average molecular weight is 369 g/mol. The summed E-state index contributed by atoms with van der Waals surface area (Å²) in [6.45, 7) is 6.56. The summed E-state index contributed by atoms with van der Waals surface area (Å²) < 4.78 is 16.4. The number of rotatable bonds is 4. The summed E-state index contributed by atoms with van der Waals surface area (Å²) >= 11 is 0. The highest BCUT2D eigenvalue weighted by molar-refractivity contribution is 5.95. The van der Waals surface area contributed by atoms with Gasteiger partial charge in [-0.05, 0) is 40.3 Å². The number of carbonyl (C=O) groups is 1. The van der Waals surface area contributed by atoms with E-state index >= 15 is 0 Å². The average Bonchev–Trinajstić information content (AvgIpc) is 2.64. The minimum Gasteiger partial charge on any atom is -0.493 e. The van der Waals surface area contributed by atoms with Crippen molar-refractivity contribution < 1.29 is 19.0 Å². The first-order valence-electron chi connectivity index (χ1n) is 9.02. The van der Waals surface area contributed by atoms with Crippen molar-refractivity contribution >= 4 is 11.6 Å². The molecule has 0 aromatic heterocycles. The predicted octanol–water partition coefficient (Wildman–Crippen LogP) is 4.48. The van der Waals surface area contributed by atoms with Crippen molar-refractivity contribution in [3.63, 3.8) is 0 Å². The highest BCUT2D eigenvalue weighted by Crippen LogP contribution is 2.45. The minimum absolute atomic E-state index is 0.00441. The molecule has 1 aliphatic heterocycles. The van der Waals surface area contributed by atoms with Crippen LogP contribution in [-0.2, 0) is 10.2 Å². The minimum atomic E-state index is -0.0789. The molecule has 1 amide bonds. The Kier molecular flexibility index (Phi) is 5.05.